The highest BCUT2D eigenvalue weighted by atomic mass is 35.5. The molecule has 1 N–H and O–H groups in total. The number of halogens is 5. The molecular formula is C19H17ClF4N2O4S. The van der Waals surface area contributed by atoms with E-state index in [1.807, 2.05) is 0 Å². The molecule has 12 heteroatoms. The van der Waals surface area contributed by atoms with Crippen LogP contribution in [0.4, 0.5) is 23.2 Å². The van der Waals surface area contributed by atoms with Gasteiger partial charge in [0, 0.05) is 24.7 Å². The summed E-state index contributed by atoms with van der Waals surface area (Å²) in [6.07, 6.45) is 0.310. The first-order valence-corrected chi connectivity index (χ1v) is 10.9. The number of piperidine rings is 1. The lowest BCUT2D eigenvalue weighted by Gasteiger charge is -2.30. The van der Waals surface area contributed by atoms with Gasteiger partial charge in [-0.2, -0.15) is 13.1 Å². The Kier molecular flexibility index (Phi) is 7.07. The number of alkyl halides is 2. The van der Waals surface area contributed by atoms with Gasteiger partial charge in [0.1, 0.15) is 22.3 Å². The average molecular weight is 481 g/mol. The summed E-state index contributed by atoms with van der Waals surface area (Å²) in [5.41, 5.74) is 0.258. The van der Waals surface area contributed by atoms with Gasteiger partial charge in [-0.3, -0.25) is 4.79 Å². The van der Waals surface area contributed by atoms with E-state index in [0.717, 1.165) is 16.4 Å². The van der Waals surface area contributed by atoms with Crippen LogP contribution in [-0.2, 0) is 14.8 Å². The number of nitrogens with zero attached hydrogens (tertiary/aromatic N) is 1. The van der Waals surface area contributed by atoms with Crippen molar-refractivity contribution in [2.75, 3.05) is 18.4 Å². The lowest BCUT2D eigenvalue weighted by molar-refractivity contribution is -0.120. The third-order valence-corrected chi connectivity index (χ3v) is 6.96. The Balaban J connectivity index is 1.62. The maximum Gasteiger partial charge on any atom is 0.387 e. The predicted octanol–water partition coefficient (Wildman–Crippen LogP) is 4.26. The number of rotatable bonds is 6. The van der Waals surface area contributed by atoms with Crippen molar-refractivity contribution in [3.05, 3.63) is 53.1 Å². The van der Waals surface area contributed by atoms with E-state index < -0.39 is 45.0 Å². The number of carbonyl (C=O) groups excluding carboxylic acids is 1. The van der Waals surface area contributed by atoms with Gasteiger partial charge in [0.25, 0.3) is 0 Å². The molecule has 1 fully saturated rings. The second kappa shape index (κ2) is 9.41. The Morgan fingerprint density at radius 1 is 1.13 bits per heavy atom. The quantitative estimate of drug-likeness (QED) is 0.627. The number of anilines is 1. The molecule has 0 spiro atoms. The van der Waals surface area contributed by atoms with E-state index in [-0.39, 0.29) is 42.4 Å². The maximum atomic E-state index is 13.9. The molecule has 168 valence electrons. The molecule has 1 amide bonds. The lowest BCUT2D eigenvalue weighted by atomic mass is 9.97. The summed E-state index contributed by atoms with van der Waals surface area (Å²) in [4.78, 5) is 11.7. The van der Waals surface area contributed by atoms with Crippen LogP contribution in [-0.4, -0.2) is 38.3 Å². The van der Waals surface area contributed by atoms with Gasteiger partial charge >= 0.3 is 6.61 Å². The standard InChI is InChI=1S/C19H17ClF4N2O4S/c20-14-10-13(2-4-16(14)30-19(23)24)25-18(27)11-5-7-26(8-6-11)31(28,29)17-9-12(21)1-3-15(17)22/h1-4,9-11,19H,5-8H2,(H,25,27). The monoisotopic (exact) mass is 480 g/mol. The van der Waals surface area contributed by atoms with E-state index in [9.17, 15) is 30.8 Å². The number of carbonyl (C=O) groups is 1. The summed E-state index contributed by atoms with van der Waals surface area (Å²) in [5.74, 6) is -3.12. The van der Waals surface area contributed by atoms with Crippen molar-refractivity contribution in [1.82, 2.24) is 4.31 Å². The van der Waals surface area contributed by atoms with Gasteiger partial charge < -0.3 is 10.1 Å². The first kappa shape index (κ1) is 23.3. The molecule has 0 aromatic heterocycles. The highest BCUT2D eigenvalue weighted by molar-refractivity contribution is 7.89. The van der Waals surface area contributed by atoms with Gasteiger partial charge in [-0.05, 0) is 49.2 Å². The summed E-state index contributed by atoms with van der Waals surface area (Å²) in [6.45, 7) is -3.16. The molecule has 0 atom stereocenters. The van der Waals surface area contributed by atoms with E-state index in [1.165, 1.54) is 18.2 Å². The Labute approximate surface area is 180 Å². The second-order valence-corrected chi connectivity index (χ2v) is 9.08. The van der Waals surface area contributed by atoms with Crippen molar-refractivity contribution < 1.29 is 35.5 Å². The van der Waals surface area contributed by atoms with Crippen molar-refractivity contribution in [1.29, 1.82) is 0 Å². The van der Waals surface area contributed by atoms with Gasteiger partial charge in [0.05, 0.1) is 5.02 Å². The summed E-state index contributed by atoms with van der Waals surface area (Å²) < 4.78 is 82.3. The third-order valence-electron chi connectivity index (χ3n) is 4.75. The minimum atomic E-state index is -4.25. The SMILES string of the molecule is O=C(Nc1ccc(OC(F)F)c(Cl)c1)C1CCN(S(=O)(=O)c2cc(F)ccc2F)CC1. The van der Waals surface area contributed by atoms with E-state index in [1.54, 1.807) is 0 Å². The molecule has 6 nitrogen and oxygen atoms in total. The topological polar surface area (TPSA) is 75.7 Å². The molecule has 1 aliphatic rings. The fraction of sp³-hybridized carbons (Fsp3) is 0.316. The van der Waals surface area contributed by atoms with Crippen LogP contribution in [0.15, 0.2) is 41.3 Å². The predicted molar refractivity (Wildman–Crippen MR) is 105 cm³/mol. The van der Waals surface area contributed by atoms with Crippen LogP contribution < -0.4 is 10.1 Å². The molecule has 1 saturated heterocycles. The molecule has 31 heavy (non-hydrogen) atoms. The number of ether oxygens (including phenoxy) is 1. The van der Waals surface area contributed by atoms with Crippen molar-refractivity contribution in [2.45, 2.75) is 24.3 Å². The Hall–Kier alpha value is -2.37. The molecule has 2 aromatic carbocycles. The number of hydrogen-bond acceptors (Lipinski definition) is 4. The van der Waals surface area contributed by atoms with Crippen LogP contribution in [0.5, 0.6) is 5.75 Å². The zero-order valence-electron chi connectivity index (χ0n) is 15.8. The Morgan fingerprint density at radius 2 is 1.81 bits per heavy atom. The maximum absolute atomic E-state index is 13.9. The molecule has 0 saturated carbocycles. The first-order valence-electron chi connectivity index (χ1n) is 9.08. The normalized spacial score (nSPS) is 15.8. The van der Waals surface area contributed by atoms with Crippen molar-refractivity contribution in [3.8, 4) is 5.75 Å². The van der Waals surface area contributed by atoms with Crippen LogP contribution in [0.25, 0.3) is 0 Å². The minimum Gasteiger partial charge on any atom is -0.433 e. The van der Waals surface area contributed by atoms with Gasteiger partial charge in [0.15, 0.2) is 0 Å². The summed E-state index contributed by atoms with van der Waals surface area (Å²) >= 11 is 5.85. The summed E-state index contributed by atoms with van der Waals surface area (Å²) in [5, 5.41) is 2.48. The smallest absolute Gasteiger partial charge is 0.387 e. The average Bonchev–Trinajstić information content (AvgIpc) is 2.71. The van der Waals surface area contributed by atoms with Gasteiger partial charge in [0.2, 0.25) is 15.9 Å². The first-order chi connectivity index (χ1) is 14.6. The van der Waals surface area contributed by atoms with E-state index in [0.29, 0.717) is 6.07 Å². The van der Waals surface area contributed by atoms with Gasteiger partial charge in [-0.25, -0.2) is 17.2 Å². The van der Waals surface area contributed by atoms with E-state index in [4.69, 9.17) is 11.6 Å². The molecule has 2 aromatic rings. The van der Waals surface area contributed by atoms with Gasteiger partial charge in [-0.15, -0.1) is 0 Å². The van der Waals surface area contributed by atoms with Crippen LogP contribution in [0, 0.1) is 17.6 Å². The Morgan fingerprint density at radius 3 is 2.42 bits per heavy atom. The number of hydrogen-bond donors (Lipinski definition) is 1. The van der Waals surface area contributed by atoms with Crippen molar-refractivity contribution in [2.24, 2.45) is 5.92 Å². The highest BCUT2D eigenvalue weighted by Gasteiger charge is 2.34. The van der Waals surface area contributed by atoms with Crippen molar-refractivity contribution in [3.63, 3.8) is 0 Å². The van der Waals surface area contributed by atoms with Gasteiger partial charge in [-0.1, -0.05) is 11.6 Å². The zero-order valence-corrected chi connectivity index (χ0v) is 17.4. The van der Waals surface area contributed by atoms with Crippen LogP contribution in [0.3, 0.4) is 0 Å². The number of amides is 1. The van der Waals surface area contributed by atoms with Crippen LogP contribution in [0.1, 0.15) is 12.8 Å². The molecule has 0 radical (unpaired) electrons. The lowest BCUT2D eigenvalue weighted by Crippen LogP contribution is -2.41. The number of benzene rings is 2. The van der Waals surface area contributed by atoms with Crippen LogP contribution >= 0.6 is 11.6 Å². The summed E-state index contributed by atoms with van der Waals surface area (Å²) in [6, 6.07) is 5.97. The third kappa shape index (κ3) is 5.46. The molecule has 1 aliphatic heterocycles. The van der Waals surface area contributed by atoms with E-state index >= 15 is 0 Å². The van der Waals surface area contributed by atoms with Crippen LogP contribution in [0.2, 0.25) is 5.02 Å². The fourth-order valence-corrected chi connectivity index (χ4v) is 4.96. The Bertz CT molecular complexity index is 1080. The number of sulfonamides is 1. The molecular weight excluding hydrogens is 464 g/mol. The second-order valence-electron chi connectivity index (χ2n) is 6.77. The molecule has 0 unspecified atom stereocenters. The summed E-state index contributed by atoms with van der Waals surface area (Å²) in [7, 11) is -4.25. The number of nitrogens with one attached hydrogen (secondary N) is 1. The van der Waals surface area contributed by atoms with E-state index in [2.05, 4.69) is 10.1 Å². The molecule has 0 bridgehead atoms. The molecule has 1 heterocycles. The zero-order chi connectivity index (χ0) is 22.8. The minimum absolute atomic E-state index is 0.0572. The fourth-order valence-electron chi connectivity index (χ4n) is 3.19. The highest BCUT2D eigenvalue weighted by Crippen LogP contribution is 2.30. The van der Waals surface area contributed by atoms with Crippen molar-refractivity contribution >= 4 is 33.2 Å². The largest absolute Gasteiger partial charge is 0.433 e. The molecule has 0 aliphatic carbocycles. The molecule has 3 rings (SSSR count).